The molecule has 12 heteroatoms. The zero-order valence-corrected chi connectivity index (χ0v) is 28.4. The van der Waals surface area contributed by atoms with Crippen LogP contribution in [0.4, 0.5) is 0 Å². The van der Waals surface area contributed by atoms with Gasteiger partial charge in [0.2, 0.25) is 15.9 Å². The Morgan fingerprint density at radius 3 is 2.36 bits per heavy atom. The number of nitrogens with zero attached hydrogens (tertiary/aromatic N) is 1. The molecule has 2 atom stereocenters. The standard InChI is InChI=1S/C28H32ClN3O6S2.2C2H6/c1-19(28(34)35)24(17-30-40(36,37)27-11-10-25(39-27)20-6-8-22(29)9-7-20)21-4-2-3-5-23(16-21)31-26(33)18-32-12-14-38-15-13-32;2*1-2/h2,4-11,16,19,24,30H,3,12-15,17-18H2,1H3,(H,31,33)(H,34,35);2*1-2H3. The summed E-state index contributed by atoms with van der Waals surface area (Å²) in [7, 11) is -3.91. The fourth-order valence-corrected chi connectivity index (χ4v) is 6.97. The summed E-state index contributed by atoms with van der Waals surface area (Å²) >= 11 is 7.08. The Kier molecular flexibility index (Phi) is 16.0. The molecule has 1 aliphatic heterocycles. The largest absolute Gasteiger partial charge is 0.481 e. The Balaban J connectivity index is 0.00000162. The number of carbonyl (C=O) groups is 2. The molecule has 242 valence electrons. The molecule has 2 unspecified atom stereocenters. The first kappa shape index (κ1) is 37.4. The lowest BCUT2D eigenvalue weighted by atomic mass is 9.86. The van der Waals surface area contributed by atoms with Crippen LogP contribution in [0.15, 0.2) is 76.2 Å². The highest BCUT2D eigenvalue weighted by Gasteiger charge is 2.29. The number of carbonyl (C=O) groups excluding carboxylic acids is 1. The van der Waals surface area contributed by atoms with Crippen LogP contribution in [0.2, 0.25) is 5.02 Å². The number of hydrogen-bond donors (Lipinski definition) is 3. The quantitative estimate of drug-likeness (QED) is 0.271. The second-order valence-corrected chi connectivity index (χ2v) is 13.1. The van der Waals surface area contributed by atoms with Crippen molar-refractivity contribution in [3.8, 4) is 10.4 Å². The molecular weight excluding hydrogens is 622 g/mol. The van der Waals surface area contributed by atoms with E-state index < -0.39 is 27.8 Å². The molecule has 2 aliphatic rings. The van der Waals surface area contributed by atoms with Crippen molar-refractivity contribution in [3.63, 3.8) is 0 Å². The average molecular weight is 666 g/mol. The first-order chi connectivity index (χ1) is 21.1. The summed E-state index contributed by atoms with van der Waals surface area (Å²) in [6.07, 6.45) is 7.76. The van der Waals surface area contributed by atoms with E-state index in [1.54, 1.807) is 37.3 Å². The third-order valence-electron chi connectivity index (χ3n) is 6.75. The van der Waals surface area contributed by atoms with Crippen molar-refractivity contribution in [2.75, 3.05) is 39.4 Å². The maximum atomic E-state index is 13.2. The van der Waals surface area contributed by atoms with E-state index in [0.717, 1.165) is 21.8 Å². The molecule has 44 heavy (non-hydrogen) atoms. The number of nitrogens with one attached hydrogen (secondary N) is 2. The number of thiophene rings is 1. The first-order valence-corrected chi connectivity index (χ1v) is 17.6. The van der Waals surface area contributed by atoms with Crippen molar-refractivity contribution < 1.29 is 27.9 Å². The van der Waals surface area contributed by atoms with Gasteiger partial charge in [0.15, 0.2) is 0 Å². The molecule has 4 rings (SSSR count). The van der Waals surface area contributed by atoms with E-state index in [4.69, 9.17) is 16.3 Å². The van der Waals surface area contributed by atoms with E-state index in [9.17, 15) is 23.1 Å². The lowest BCUT2D eigenvalue weighted by molar-refractivity contribution is -0.142. The smallest absolute Gasteiger partial charge is 0.306 e. The predicted octanol–water partition coefficient (Wildman–Crippen LogP) is 5.95. The zero-order valence-electron chi connectivity index (χ0n) is 26.0. The maximum Gasteiger partial charge on any atom is 0.306 e. The summed E-state index contributed by atoms with van der Waals surface area (Å²) in [5.41, 5.74) is 2.01. The predicted molar refractivity (Wildman–Crippen MR) is 178 cm³/mol. The van der Waals surface area contributed by atoms with E-state index in [1.165, 1.54) is 6.07 Å². The molecule has 2 aromatic rings. The van der Waals surface area contributed by atoms with E-state index in [0.29, 0.717) is 49.0 Å². The van der Waals surface area contributed by atoms with Crippen molar-refractivity contribution in [2.45, 2.75) is 45.2 Å². The number of benzene rings is 1. The van der Waals surface area contributed by atoms with Crippen LogP contribution in [0.1, 0.15) is 41.0 Å². The van der Waals surface area contributed by atoms with Crippen LogP contribution < -0.4 is 10.0 Å². The zero-order chi connectivity index (χ0) is 32.7. The summed E-state index contributed by atoms with van der Waals surface area (Å²) in [5, 5.41) is 13.3. The Morgan fingerprint density at radius 1 is 1.07 bits per heavy atom. The van der Waals surface area contributed by atoms with E-state index >= 15 is 0 Å². The van der Waals surface area contributed by atoms with Crippen LogP contribution in [0, 0.1) is 11.8 Å². The van der Waals surface area contributed by atoms with Crippen molar-refractivity contribution in [2.24, 2.45) is 11.8 Å². The number of sulfonamides is 1. The molecule has 1 fully saturated rings. The van der Waals surface area contributed by atoms with Crippen LogP contribution in [0.3, 0.4) is 0 Å². The molecule has 9 nitrogen and oxygen atoms in total. The number of halogens is 1. The molecule has 0 radical (unpaired) electrons. The molecule has 1 amide bonds. The number of carboxylic acids is 1. The normalized spacial score (nSPS) is 16.5. The summed E-state index contributed by atoms with van der Waals surface area (Å²) in [6, 6.07) is 10.4. The number of amides is 1. The Hall–Kier alpha value is -2.80. The monoisotopic (exact) mass is 665 g/mol. The number of allylic oxidation sites excluding steroid dienone is 4. The van der Waals surface area contributed by atoms with E-state index in [-0.39, 0.29) is 23.2 Å². The van der Waals surface area contributed by atoms with Crippen LogP contribution in [-0.2, 0) is 24.3 Å². The van der Waals surface area contributed by atoms with Gasteiger partial charge in [0.25, 0.3) is 0 Å². The molecule has 1 aromatic heterocycles. The van der Waals surface area contributed by atoms with Crippen molar-refractivity contribution >= 4 is 44.8 Å². The number of morpholine rings is 1. The van der Waals surface area contributed by atoms with E-state index in [1.807, 2.05) is 56.9 Å². The SMILES string of the molecule is CC.CC.CC(C(=O)O)C(CNS(=O)(=O)c1ccc(-c2ccc(Cl)cc2)s1)C1=CC(NC(=O)CN2CCOCC2)=CCC=C1. The number of hydrogen-bond acceptors (Lipinski definition) is 7. The van der Waals surface area contributed by atoms with Gasteiger partial charge in [0.1, 0.15) is 4.21 Å². The van der Waals surface area contributed by atoms with Gasteiger partial charge in [-0.1, -0.05) is 76.6 Å². The molecule has 3 N–H and O–H groups in total. The maximum absolute atomic E-state index is 13.2. The van der Waals surface area contributed by atoms with Gasteiger partial charge in [-0.25, -0.2) is 13.1 Å². The van der Waals surface area contributed by atoms with Gasteiger partial charge in [-0.15, -0.1) is 11.3 Å². The third-order valence-corrected chi connectivity index (χ3v) is 10.1. The van der Waals surface area contributed by atoms with Crippen LogP contribution in [0.25, 0.3) is 10.4 Å². The van der Waals surface area contributed by atoms with Crippen LogP contribution in [0.5, 0.6) is 0 Å². The molecule has 0 saturated carbocycles. The average Bonchev–Trinajstić information content (AvgIpc) is 3.43. The van der Waals surface area contributed by atoms with Gasteiger partial charge in [-0.2, -0.15) is 0 Å². The minimum Gasteiger partial charge on any atom is -0.481 e. The Labute approximate surface area is 270 Å². The Morgan fingerprint density at radius 2 is 1.73 bits per heavy atom. The van der Waals surface area contributed by atoms with Crippen LogP contribution >= 0.6 is 22.9 Å². The molecule has 0 spiro atoms. The minimum absolute atomic E-state index is 0.125. The fourth-order valence-electron chi connectivity index (χ4n) is 4.43. The van der Waals surface area contributed by atoms with Gasteiger partial charge in [0.05, 0.1) is 25.7 Å². The van der Waals surface area contributed by atoms with Crippen molar-refractivity contribution in [3.05, 3.63) is 77.0 Å². The lowest BCUT2D eigenvalue weighted by Gasteiger charge is -2.26. The number of ether oxygens (including phenoxy) is 1. The fraction of sp³-hybridized carbons (Fsp3) is 0.438. The van der Waals surface area contributed by atoms with Gasteiger partial charge in [0, 0.05) is 41.1 Å². The molecular formula is C32H44ClN3O6S2. The molecule has 1 aliphatic carbocycles. The topological polar surface area (TPSA) is 125 Å². The minimum atomic E-state index is -3.91. The highest BCUT2D eigenvalue weighted by Crippen LogP contribution is 2.32. The third kappa shape index (κ3) is 11.3. The van der Waals surface area contributed by atoms with E-state index in [2.05, 4.69) is 10.0 Å². The number of aliphatic carboxylic acids is 1. The van der Waals surface area contributed by atoms with Gasteiger partial charge >= 0.3 is 5.97 Å². The second kappa shape index (κ2) is 18.9. The summed E-state index contributed by atoms with van der Waals surface area (Å²) in [5.74, 6) is -2.80. The van der Waals surface area contributed by atoms with Crippen molar-refractivity contribution in [1.82, 2.24) is 14.9 Å². The van der Waals surface area contributed by atoms with Gasteiger partial charge in [-0.3, -0.25) is 14.5 Å². The summed E-state index contributed by atoms with van der Waals surface area (Å²) < 4.78 is 34.4. The van der Waals surface area contributed by atoms with Crippen molar-refractivity contribution in [1.29, 1.82) is 0 Å². The van der Waals surface area contributed by atoms with Crippen LogP contribution in [-0.4, -0.2) is 69.7 Å². The molecule has 2 heterocycles. The Bertz CT molecular complexity index is 1410. The summed E-state index contributed by atoms with van der Waals surface area (Å²) in [4.78, 5) is 27.4. The highest BCUT2D eigenvalue weighted by atomic mass is 35.5. The molecule has 1 aromatic carbocycles. The number of carboxylic acid groups (broad SMARTS) is 1. The number of rotatable bonds is 11. The highest BCUT2D eigenvalue weighted by molar-refractivity contribution is 7.91. The van der Waals surface area contributed by atoms with Gasteiger partial charge in [-0.05, 0) is 47.9 Å². The second-order valence-electron chi connectivity index (χ2n) is 9.59. The molecule has 0 bridgehead atoms. The first-order valence-electron chi connectivity index (χ1n) is 14.9. The summed E-state index contributed by atoms with van der Waals surface area (Å²) in [6.45, 7) is 12.2. The lowest BCUT2D eigenvalue weighted by Crippen LogP contribution is -2.42. The molecule has 1 saturated heterocycles. The van der Waals surface area contributed by atoms with Gasteiger partial charge < -0.3 is 15.2 Å².